The molecule has 0 atom stereocenters. The highest BCUT2D eigenvalue weighted by Crippen LogP contribution is 2.33. The molecule has 1 heterocycles. The van der Waals surface area contributed by atoms with Gasteiger partial charge in [-0.1, -0.05) is 6.07 Å². The first kappa shape index (κ1) is 19.9. The Morgan fingerprint density at radius 2 is 1.78 bits per heavy atom. The molecular formula is C19H28N2O5S. The van der Waals surface area contributed by atoms with Crippen LogP contribution in [0.2, 0.25) is 0 Å². The predicted octanol–water partition coefficient (Wildman–Crippen LogP) is 1.57. The molecule has 1 aliphatic heterocycles. The summed E-state index contributed by atoms with van der Waals surface area (Å²) in [6.07, 6.45) is 3.46. The van der Waals surface area contributed by atoms with Gasteiger partial charge in [0.15, 0.2) is 11.5 Å². The predicted molar refractivity (Wildman–Crippen MR) is 102 cm³/mol. The molecule has 1 aliphatic carbocycles. The number of hydrogen-bond donors (Lipinski definition) is 1. The van der Waals surface area contributed by atoms with E-state index in [1.54, 1.807) is 30.7 Å². The maximum atomic E-state index is 12.3. The van der Waals surface area contributed by atoms with E-state index in [0.29, 0.717) is 37.1 Å². The van der Waals surface area contributed by atoms with Crippen molar-refractivity contribution in [2.45, 2.75) is 37.4 Å². The first-order chi connectivity index (χ1) is 12.9. The highest BCUT2D eigenvalue weighted by Gasteiger charge is 2.41. The Balaban J connectivity index is 1.43. The van der Waals surface area contributed by atoms with Crippen LogP contribution in [0.5, 0.6) is 11.5 Å². The standard InChI is InChI=1S/C19H28N2O5S/c1-25-17-6-3-15(11-18(17)26-2)12-19(22)20-13-14-7-9-21(10-8-14)27(23,24)16-4-5-16/h3,6,11,14,16H,4-5,7-10,12-13H2,1-2H3,(H,20,22). The summed E-state index contributed by atoms with van der Waals surface area (Å²) in [6.45, 7) is 1.72. The number of sulfonamides is 1. The van der Waals surface area contributed by atoms with Crippen molar-refractivity contribution in [2.24, 2.45) is 5.92 Å². The number of amides is 1. The second-order valence-electron chi connectivity index (χ2n) is 7.26. The van der Waals surface area contributed by atoms with Gasteiger partial charge >= 0.3 is 0 Å². The van der Waals surface area contributed by atoms with E-state index in [1.807, 2.05) is 6.07 Å². The third kappa shape index (κ3) is 4.93. The Labute approximate surface area is 161 Å². The third-order valence-electron chi connectivity index (χ3n) is 5.28. The highest BCUT2D eigenvalue weighted by molar-refractivity contribution is 7.90. The van der Waals surface area contributed by atoms with Crippen molar-refractivity contribution in [1.82, 2.24) is 9.62 Å². The van der Waals surface area contributed by atoms with Crippen LogP contribution in [0.25, 0.3) is 0 Å². The van der Waals surface area contributed by atoms with Gasteiger partial charge in [-0.05, 0) is 49.3 Å². The summed E-state index contributed by atoms with van der Waals surface area (Å²) in [5.41, 5.74) is 0.857. The van der Waals surface area contributed by atoms with Gasteiger partial charge in [0.1, 0.15) is 0 Å². The lowest BCUT2D eigenvalue weighted by Crippen LogP contribution is -2.42. The lowest BCUT2D eigenvalue weighted by molar-refractivity contribution is -0.120. The van der Waals surface area contributed by atoms with Crippen molar-refractivity contribution in [2.75, 3.05) is 33.9 Å². The number of carbonyl (C=O) groups excluding carboxylic acids is 1. The van der Waals surface area contributed by atoms with E-state index in [2.05, 4.69) is 5.32 Å². The highest BCUT2D eigenvalue weighted by atomic mass is 32.2. The fraction of sp³-hybridized carbons (Fsp3) is 0.632. The fourth-order valence-corrected chi connectivity index (χ4v) is 5.31. The lowest BCUT2D eigenvalue weighted by atomic mass is 9.98. The van der Waals surface area contributed by atoms with Crippen LogP contribution in [0.4, 0.5) is 0 Å². The number of methoxy groups -OCH3 is 2. The normalized spacial score (nSPS) is 18.9. The summed E-state index contributed by atoms with van der Waals surface area (Å²) < 4.78 is 36.6. The van der Waals surface area contributed by atoms with Gasteiger partial charge in [-0.3, -0.25) is 4.79 Å². The first-order valence-corrected chi connectivity index (χ1v) is 10.9. The Kier molecular flexibility index (Phi) is 6.26. The van der Waals surface area contributed by atoms with Gasteiger partial charge < -0.3 is 14.8 Å². The minimum absolute atomic E-state index is 0.0461. The summed E-state index contributed by atoms with van der Waals surface area (Å²) >= 11 is 0. The number of hydrogen-bond acceptors (Lipinski definition) is 5. The first-order valence-electron chi connectivity index (χ1n) is 9.40. The summed E-state index contributed by atoms with van der Waals surface area (Å²) in [7, 11) is 0.0690. The van der Waals surface area contributed by atoms with Crippen molar-refractivity contribution in [1.29, 1.82) is 0 Å². The molecular weight excluding hydrogens is 368 g/mol. The van der Waals surface area contributed by atoms with Crippen molar-refractivity contribution >= 4 is 15.9 Å². The molecule has 27 heavy (non-hydrogen) atoms. The van der Waals surface area contributed by atoms with Crippen LogP contribution in [-0.4, -0.2) is 57.7 Å². The minimum Gasteiger partial charge on any atom is -0.493 e. The van der Waals surface area contributed by atoms with Crippen LogP contribution in [0.15, 0.2) is 18.2 Å². The Bertz CT molecular complexity index is 768. The molecule has 7 nitrogen and oxygen atoms in total. The monoisotopic (exact) mass is 396 g/mol. The van der Waals surface area contributed by atoms with Gasteiger partial charge in [-0.15, -0.1) is 0 Å². The zero-order chi connectivity index (χ0) is 19.4. The van der Waals surface area contributed by atoms with Gasteiger partial charge in [-0.2, -0.15) is 0 Å². The summed E-state index contributed by atoms with van der Waals surface area (Å²) in [6, 6.07) is 5.44. The zero-order valence-corrected chi connectivity index (χ0v) is 16.8. The fourth-order valence-electron chi connectivity index (χ4n) is 3.44. The largest absolute Gasteiger partial charge is 0.493 e. The summed E-state index contributed by atoms with van der Waals surface area (Å²) in [5.74, 6) is 1.52. The Hall–Kier alpha value is -1.80. The van der Waals surface area contributed by atoms with Crippen LogP contribution < -0.4 is 14.8 Å². The summed E-state index contributed by atoms with van der Waals surface area (Å²) in [4.78, 5) is 12.2. The van der Waals surface area contributed by atoms with Crippen molar-refractivity contribution in [3.63, 3.8) is 0 Å². The number of piperidine rings is 1. The smallest absolute Gasteiger partial charge is 0.224 e. The topological polar surface area (TPSA) is 84.9 Å². The van der Waals surface area contributed by atoms with E-state index in [0.717, 1.165) is 31.2 Å². The van der Waals surface area contributed by atoms with Gasteiger partial charge in [-0.25, -0.2) is 12.7 Å². The molecule has 8 heteroatoms. The van der Waals surface area contributed by atoms with Crippen LogP contribution in [0, 0.1) is 5.92 Å². The molecule has 0 bridgehead atoms. The average molecular weight is 397 g/mol. The van der Waals surface area contributed by atoms with Crippen molar-refractivity contribution in [3.05, 3.63) is 23.8 Å². The van der Waals surface area contributed by atoms with Crippen LogP contribution in [-0.2, 0) is 21.2 Å². The summed E-state index contributed by atoms with van der Waals surface area (Å²) in [5, 5.41) is 2.83. The molecule has 1 aromatic rings. The molecule has 1 amide bonds. The number of carbonyl (C=O) groups is 1. The number of nitrogens with zero attached hydrogens (tertiary/aromatic N) is 1. The van der Waals surface area contributed by atoms with Crippen molar-refractivity contribution < 1.29 is 22.7 Å². The molecule has 0 unspecified atom stereocenters. The quantitative estimate of drug-likeness (QED) is 0.721. The van der Waals surface area contributed by atoms with Gasteiger partial charge in [0, 0.05) is 19.6 Å². The SMILES string of the molecule is COc1ccc(CC(=O)NCC2CCN(S(=O)(=O)C3CC3)CC2)cc1OC. The number of benzene rings is 1. The maximum Gasteiger partial charge on any atom is 0.224 e. The third-order valence-corrected chi connectivity index (χ3v) is 7.68. The number of ether oxygens (including phenoxy) is 2. The van der Waals surface area contributed by atoms with Crippen LogP contribution in [0.1, 0.15) is 31.2 Å². The second-order valence-corrected chi connectivity index (χ2v) is 9.47. The van der Waals surface area contributed by atoms with Crippen LogP contribution in [0.3, 0.4) is 0 Å². The molecule has 0 radical (unpaired) electrons. The zero-order valence-electron chi connectivity index (χ0n) is 15.9. The van der Waals surface area contributed by atoms with Gasteiger partial charge in [0.25, 0.3) is 0 Å². The molecule has 2 fully saturated rings. The molecule has 3 rings (SSSR count). The van der Waals surface area contributed by atoms with E-state index in [-0.39, 0.29) is 17.6 Å². The van der Waals surface area contributed by atoms with Gasteiger partial charge in [0.05, 0.1) is 25.9 Å². The molecule has 0 aromatic heterocycles. The van der Waals surface area contributed by atoms with E-state index in [4.69, 9.17) is 9.47 Å². The minimum atomic E-state index is -3.07. The average Bonchev–Trinajstić information content (AvgIpc) is 3.52. The van der Waals surface area contributed by atoms with Crippen LogP contribution >= 0.6 is 0 Å². The van der Waals surface area contributed by atoms with E-state index in [9.17, 15) is 13.2 Å². The van der Waals surface area contributed by atoms with E-state index < -0.39 is 10.0 Å². The van der Waals surface area contributed by atoms with Gasteiger partial charge in [0.2, 0.25) is 15.9 Å². The maximum absolute atomic E-state index is 12.3. The number of nitrogens with one attached hydrogen (secondary N) is 1. The second kappa shape index (κ2) is 8.48. The van der Waals surface area contributed by atoms with Crippen molar-refractivity contribution in [3.8, 4) is 11.5 Å². The molecule has 1 N–H and O–H groups in total. The van der Waals surface area contributed by atoms with E-state index >= 15 is 0 Å². The lowest BCUT2D eigenvalue weighted by Gasteiger charge is -2.31. The number of rotatable bonds is 8. The molecule has 0 spiro atoms. The molecule has 1 saturated heterocycles. The molecule has 2 aliphatic rings. The molecule has 150 valence electrons. The molecule has 1 saturated carbocycles. The van der Waals surface area contributed by atoms with E-state index in [1.165, 1.54) is 0 Å². The Morgan fingerprint density at radius 3 is 2.37 bits per heavy atom. The Morgan fingerprint density at radius 1 is 1.11 bits per heavy atom. The molecule has 1 aromatic carbocycles.